The van der Waals surface area contributed by atoms with Crippen molar-refractivity contribution >= 4 is 15.9 Å². The van der Waals surface area contributed by atoms with Crippen LogP contribution in [0.2, 0.25) is 0 Å². The molecule has 0 aliphatic heterocycles. The molecule has 8 nitrogen and oxygen atoms in total. The zero-order chi connectivity index (χ0) is 17.0. The molecule has 2 aromatic rings. The molecule has 1 N–H and O–H groups in total. The Morgan fingerprint density at radius 2 is 1.96 bits per heavy atom. The Hall–Kier alpha value is -2.55. The molecule has 122 valence electrons. The van der Waals surface area contributed by atoms with Crippen LogP contribution in [0.1, 0.15) is 36.1 Å². The molecule has 2 rings (SSSR count). The molecule has 0 spiro atoms. The number of nitrogens with one attached hydrogen (secondary N) is 1. The van der Waals surface area contributed by atoms with Gasteiger partial charge < -0.3 is 4.74 Å². The highest BCUT2D eigenvalue weighted by Gasteiger charge is 2.20. The standard InChI is InChI=1S/C14H16N4O4S/c1-9(2)13-15-7-6-11(17-13)14(19)18-23(20,21)10-4-5-12(22-3)16-8-10/h4-9H,1-3H3,(H,18,19). The first-order valence-corrected chi connectivity index (χ1v) is 8.22. The lowest BCUT2D eigenvalue weighted by atomic mass is 10.2. The van der Waals surface area contributed by atoms with E-state index >= 15 is 0 Å². The number of methoxy groups -OCH3 is 1. The van der Waals surface area contributed by atoms with Gasteiger partial charge in [-0.3, -0.25) is 4.79 Å². The summed E-state index contributed by atoms with van der Waals surface area (Å²) in [7, 11) is -2.63. The van der Waals surface area contributed by atoms with E-state index in [2.05, 4.69) is 15.0 Å². The third-order valence-corrected chi connectivity index (χ3v) is 4.20. The third-order valence-electron chi connectivity index (χ3n) is 2.88. The minimum Gasteiger partial charge on any atom is -0.481 e. The summed E-state index contributed by atoms with van der Waals surface area (Å²) >= 11 is 0. The molecular weight excluding hydrogens is 320 g/mol. The average Bonchev–Trinajstić information content (AvgIpc) is 2.54. The summed E-state index contributed by atoms with van der Waals surface area (Å²) in [6.07, 6.45) is 2.52. The fourth-order valence-corrected chi connectivity index (χ4v) is 2.56. The van der Waals surface area contributed by atoms with Crippen molar-refractivity contribution in [3.63, 3.8) is 0 Å². The van der Waals surface area contributed by atoms with Crippen LogP contribution in [0.5, 0.6) is 5.88 Å². The number of sulfonamides is 1. The van der Waals surface area contributed by atoms with Crippen LogP contribution in [-0.2, 0) is 10.0 Å². The van der Waals surface area contributed by atoms with Crippen LogP contribution in [0.4, 0.5) is 0 Å². The van der Waals surface area contributed by atoms with Crippen molar-refractivity contribution in [2.24, 2.45) is 0 Å². The number of nitrogens with zero attached hydrogens (tertiary/aromatic N) is 3. The summed E-state index contributed by atoms with van der Waals surface area (Å²) in [4.78, 5) is 23.8. The smallest absolute Gasteiger partial charge is 0.283 e. The highest BCUT2D eigenvalue weighted by molar-refractivity contribution is 7.90. The zero-order valence-electron chi connectivity index (χ0n) is 12.8. The largest absolute Gasteiger partial charge is 0.481 e. The van der Waals surface area contributed by atoms with Gasteiger partial charge in [0.25, 0.3) is 15.9 Å². The molecule has 9 heteroatoms. The van der Waals surface area contributed by atoms with Crippen LogP contribution in [0.25, 0.3) is 0 Å². The van der Waals surface area contributed by atoms with Crippen molar-refractivity contribution < 1.29 is 17.9 Å². The number of hydrogen-bond acceptors (Lipinski definition) is 7. The van der Waals surface area contributed by atoms with Crippen molar-refractivity contribution in [1.82, 2.24) is 19.7 Å². The van der Waals surface area contributed by atoms with E-state index in [1.807, 2.05) is 18.6 Å². The van der Waals surface area contributed by atoms with Crippen molar-refractivity contribution in [3.05, 3.63) is 42.1 Å². The van der Waals surface area contributed by atoms with E-state index in [9.17, 15) is 13.2 Å². The lowest BCUT2D eigenvalue weighted by Crippen LogP contribution is -2.31. The van der Waals surface area contributed by atoms with E-state index in [-0.39, 0.29) is 22.4 Å². The molecule has 0 aliphatic carbocycles. The molecule has 0 aromatic carbocycles. The second-order valence-corrected chi connectivity index (χ2v) is 6.61. The number of rotatable bonds is 5. The van der Waals surface area contributed by atoms with Crippen molar-refractivity contribution in [1.29, 1.82) is 0 Å². The summed E-state index contributed by atoms with van der Waals surface area (Å²) in [5, 5.41) is 0. The molecule has 2 heterocycles. The quantitative estimate of drug-likeness (QED) is 0.871. The molecule has 0 aliphatic rings. The predicted molar refractivity (Wildman–Crippen MR) is 81.6 cm³/mol. The van der Waals surface area contributed by atoms with Crippen LogP contribution in [0, 0.1) is 0 Å². The Bertz CT molecular complexity index is 804. The molecule has 0 saturated heterocycles. The van der Waals surface area contributed by atoms with Crippen molar-refractivity contribution in [2.75, 3.05) is 7.11 Å². The Morgan fingerprint density at radius 1 is 1.22 bits per heavy atom. The van der Waals surface area contributed by atoms with Gasteiger partial charge in [0, 0.05) is 18.2 Å². The van der Waals surface area contributed by atoms with Gasteiger partial charge in [0.2, 0.25) is 5.88 Å². The maximum Gasteiger partial charge on any atom is 0.283 e. The highest BCUT2D eigenvalue weighted by atomic mass is 32.2. The summed E-state index contributed by atoms with van der Waals surface area (Å²) < 4.78 is 31.2. The number of carbonyl (C=O) groups is 1. The molecule has 2 aromatic heterocycles. The van der Waals surface area contributed by atoms with Gasteiger partial charge in [-0.15, -0.1) is 0 Å². The summed E-state index contributed by atoms with van der Waals surface area (Å²) in [6, 6.07) is 4.03. The Morgan fingerprint density at radius 3 is 2.52 bits per heavy atom. The maximum atomic E-state index is 12.2. The molecule has 0 atom stereocenters. The van der Waals surface area contributed by atoms with Crippen molar-refractivity contribution in [2.45, 2.75) is 24.7 Å². The molecular formula is C14H16N4O4S. The molecule has 0 fully saturated rings. The lowest BCUT2D eigenvalue weighted by Gasteiger charge is -2.08. The first-order valence-electron chi connectivity index (χ1n) is 6.73. The highest BCUT2D eigenvalue weighted by Crippen LogP contribution is 2.13. The van der Waals surface area contributed by atoms with Gasteiger partial charge in [0.05, 0.1) is 13.3 Å². The van der Waals surface area contributed by atoms with Gasteiger partial charge in [-0.05, 0) is 12.1 Å². The Balaban J connectivity index is 2.22. The van der Waals surface area contributed by atoms with E-state index in [1.54, 1.807) is 0 Å². The second kappa shape index (κ2) is 6.69. The second-order valence-electron chi connectivity index (χ2n) is 4.93. The topological polar surface area (TPSA) is 111 Å². The average molecular weight is 336 g/mol. The van der Waals surface area contributed by atoms with E-state index < -0.39 is 15.9 Å². The van der Waals surface area contributed by atoms with Crippen LogP contribution in [0.3, 0.4) is 0 Å². The van der Waals surface area contributed by atoms with E-state index in [0.717, 1.165) is 6.20 Å². The Kier molecular flexibility index (Phi) is 4.89. The van der Waals surface area contributed by atoms with E-state index in [1.165, 1.54) is 31.5 Å². The van der Waals surface area contributed by atoms with Gasteiger partial charge in [0.15, 0.2) is 0 Å². The molecule has 0 radical (unpaired) electrons. The maximum absolute atomic E-state index is 12.2. The monoisotopic (exact) mass is 336 g/mol. The van der Waals surface area contributed by atoms with Crippen molar-refractivity contribution in [3.8, 4) is 5.88 Å². The van der Waals surface area contributed by atoms with E-state index in [0.29, 0.717) is 5.82 Å². The first-order chi connectivity index (χ1) is 10.8. The normalized spacial score (nSPS) is 11.3. The van der Waals surface area contributed by atoms with Gasteiger partial charge in [0.1, 0.15) is 16.4 Å². The number of pyridine rings is 1. The van der Waals surface area contributed by atoms with Crippen LogP contribution >= 0.6 is 0 Å². The summed E-state index contributed by atoms with van der Waals surface area (Å²) in [5.41, 5.74) is -0.0197. The Labute approximate surface area is 134 Å². The summed E-state index contributed by atoms with van der Waals surface area (Å²) in [6.45, 7) is 3.74. The van der Waals surface area contributed by atoms with Crippen LogP contribution < -0.4 is 9.46 Å². The van der Waals surface area contributed by atoms with Crippen LogP contribution in [-0.4, -0.2) is 36.4 Å². The molecule has 0 bridgehead atoms. The number of hydrogen-bond donors (Lipinski definition) is 1. The fourth-order valence-electron chi connectivity index (χ4n) is 1.66. The minimum atomic E-state index is -4.04. The third kappa shape index (κ3) is 4.01. The number of ether oxygens (including phenoxy) is 1. The van der Waals surface area contributed by atoms with E-state index in [4.69, 9.17) is 4.74 Å². The lowest BCUT2D eigenvalue weighted by molar-refractivity contribution is 0.0976. The number of aromatic nitrogens is 3. The molecule has 23 heavy (non-hydrogen) atoms. The summed E-state index contributed by atoms with van der Waals surface area (Å²) in [5.74, 6) is -0.0796. The SMILES string of the molecule is COc1ccc(S(=O)(=O)NC(=O)c2ccnc(C(C)C)n2)cn1. The minimum absolute atomic E-state index is 0.0187. The molecule has 0 saturated carbocycles. The van der Waals surface area contributed by atoms with Gasteiger partial charge >= 0.3 is 0 Å². The predicted octanol–water partition coefficient (Wildman–Crippen LogP) is 1.12. The van der Waals surface area contributed by atoms with Crippen LogP contribution in [0.15, 0.2) is 35.5 Å². The fraction of sp³-hybridized carbons (Fsp3) is 0.286. The van der Waals surface area contributed by atoms with Gasteiger partial charge in [-0.25, -0.2) is 28.1 Å². The zero-order valence-corrected chi connectivity index (χ0v) is 13.7. The number of carbonyl (C=O) groups excluding carboxylic acids is 1. The molecule has 1 amide bonds. The molecule has 0 unspecified atom stereocenters. The number of amides is 1. The van der Waals surface area contributed by atoms with Gasteiger partial charge in [-0.2, -0.15) is 0 Å². The first kappa shape index (κ1) is 16.8. The van der Waals surface area contributed by atoms with Gasteiger partial charge in [-0.1, -0.05) is 13.8 Å².